The number of carbonyl (C=O) groups excluding carboxylic acids is 1. The van der Waals surface area contributed by atoms with Crippen molar-refractivity contribution < 1.29 is 19.6 Å². The Bertz CT molecular complexity index is 648. The van der Waals surface area contributed by atoms with Crippen LogP contribution in [0.25, 0.3) is 0 Å². The summed E-state index contributed by atoms with van der Waals surface area (Å²) < 4.78 is 5.70. The fourth-order valence-electron chi connectivity index (χ4n) is 3.74. The van der Waals surface area contributed by atoms with Gasteiger partial charge in [0.1, 0.15) is 0 Å². The molecular weight excluding hydrogens is 317 g/mol. The summed E-state index contributed by atoms with van der Waals surface area (Å²) in [6.45, 7) is 5.16. The molecule has 3 rings (SSSR count). The molecule has 2 aliphatic heterocycles. The van der Waals surface area contributed by atoms with E-state index in [1.165, 1.54) is 11.1 Å². The largest absolute Gasteiger partial charge is 0.513 e. The van der Waals surface area contributed by atoms with Crippen molar-refractivity contribution in [2.24, 2.45) is 0 Å². The normalized spacial score (nSPS) is 23.6. The Morgan fingerprint density at radius 3 is 2.80 bits per heavy atom. The molecule has 0 saturated carbocycles. The molecule has 6 heteroatoms. The van der Waals surface area contributed by atoms with Crippen LogP contribution in [-0.2, 0) is 17.7 Å². The lowest BCUT2D eigenvalue weighted by atomic mass is 9.65. The van der Waals surface area contributed by atoms with Gasteiger partial charge in [-0.15, -0.1) is 0 Å². The first kappa shape index (κ1) is 18.2. The molecule has 0 amide bonds. The monoisotopic (exact) mass is 343 g/mol. The van der Waals surface area contributed by atoms with Crippen LogP contribution in [0.3, 0.4) is 0 Å². The van der Waals surface area contributed by atoms with Crippen LogP contribution >= 0.6 is 0 Å². The Morgan fingerprint density at radius 1 is 1.24 bits per heavy atom. The lowest BCUT2D eigenvalue weighted by molar-refractivity contribution is 0.0948. The molecular formula is C19H26BNO4. The predicted molar refractivity (Wildman–Crippen MR) is 97.4 cm³/mol. The smallest absolute Gasteiger partial charge is 0.458 e. The lowest BCUT2D eigenvalue weighted by Crippen LogP contribution is -2.33. The average Bonchev–Trinajstić information content (AvgIpc) is 3.02. The van der Waals surface area contributed by atoms with Crippen molar-refractivity contribution in [3.8, 4) is 0 Å². The van der Waals surface area contributed by atoms with Gasteiger partial charge in [0.15, 0.2) is 5.78 Å². The third-order valence-electron chi connectivity index (χ3n) is 5.16. The van der Waals surface area contributed by atoms with E-state index in [0.29, 0.717) is 12.0 Å². The van der Waals surface area contributed by atoms with Crippen molar-refractivity contribution >= 4 is 12.9 Å². The van der Waals surface area contributed by atoms with E-state index in [-0.39, 0.29) is 29.9 Å². The molecule has 0 aliphatic carbocycles. The number of rotatable bonds is 5. The second kappa shape index (κ2) is 8.17. The zero-order chi connectivity index (χ0) is 17.8. The highest BCUT2D eigenvalue weighted by Gasteiger charge is 2.33. The summed E-state index contributed by atoms with van der Waals surface area (Å²) in [5.74, 6) is -0.100. The van der Waals surface area contributed by atoms with Gasteiger partial charge in [-0.05, 0) is 23.6 Å². The Balaban J connectivity index is 1.64. The van der Waals surface area contributed by atoms with Gasteiger partial charge in [0, 0.05) is 43.4 Å². The predicted octanol–water partition coefficient (Wildman–Crippen LogP) is 3.13. The lowest BCUT2D eigenvalue weighted by Gasteiger charge is -2.27. The van der Waals surface area contributed by atoms with E-state index in [1.807, 2.05) is 18.2 Å². The third-order valence-corrected chi connectivity index (χ3v) is 5.16. The molecule has 2 heterocycles. The van der Waals surface area contributed by atoms with Gasteiger partial charge >= 0.3 is 7.12 Å². The summed E-state index contributed by atoms with van der Waals surface area (Å²) in [4.78, 5) is 12.7. The van der Waals surface area contributed by atoms with E-state index < -0.39 is 7.12 Å². The van der Waals surface area contributed by atoms with Crippen LogP contribution in [-0.4, -0.2) is 29.1 Å². The second-order valence-corrected chi connectivity index (χ2v) is 7.18. The second-order valence-electron chi connectivity index (χ2n) is 7.18. The molecule has 3 N–H and O–H groups in total. The number of carbonyl (C=O) groups is 1. The number of aliphatic hydroxyl groups is 1. The third kappa shape index (κ3) is 4.72. The van der Waals surface area contributed by atoms with E-state index >= 15 is 0 Å². The van der Waals surface area contributed by atoms with Gasteiger partial charge in [0.2, 0.25) is 0 Å². The van der Waals surface area contributed by atoms with Gasteiger partial charge in [-0.1, -0.05) is 38.0 Å². The number of ketones is 1. The minimum atomic E-state index is -0.982. The maximum absolute atomic E-state index is 12.7. The number of aliphatic hydroxyl groups excluding tert-OH is 1. The van der Waals surface area contributed by atoms with Crippen molar-refractivity contribution in [3.63, 3.8) is 0 Å². The quantitative estimate of drug-likeness (QED) is 0.435. The summed E-state index contributed by atoms with van der Waals surface area (Å²) in [6.07, 6.45) is 3.83. The van der Waals surface area contributed by atoms with E-state index in [2.05, 4.69) is 11.9 Å². The number of hydrogen-bond donors (Lipinski definition) is 3. The highest BCUT2D eigenvalue weighted by atomic mass is 16.5. The Labute approximate surface area is 149 Å². The van der Waals surface area contributed by atoms with Crippen molar-refractivity contribution in [1.82, 2.24) is 5.32 Å². The maximum atomic E-state index is 12.7. The van der Waals surface area contributed by atoms with E-state index in [1.54, 1.807) is 0 Å². The fraction of sp³-hybridized carbons (Fsp3) is 0.526. The highest BCUT2D eigenvalue weighted by Crippen LogP contribution is 2.30. The first-order valence-corrected chi connectivity index (χ1v) is 9.09. The van der Waals surface area contributed by atoms with Crippen LogP contribution in [0.4, 0.5) is 0 Å². The molecule has 1 saturated heterocycles. The Hall–Kier alpha value is -1.63. The summed E-state index contributed by atoms with van der Waals surface area (Å²) >= 11 is 0. The molecule has 5 nitrogen and oxygen atoms in total. The standard InChI is InChI=1S/C19H26BNO4/c1-13(22)8-18-5-3-2-4-17(20(24)25-18)10-19(23)14-6-7-15-11-21-12-16(15)9-14/h6-7,9,17-18,21-22,24H,1-5,8,10-12H2/t17-,18+/m1/s1. The molecule has 1 aromatic rings. The van der Waals surface area contributed by atoms with Crippen LogP contribution in [0.5, 0.6) is 0 Å². The van der Waals surface area contributed by atoms with Crippen molar-refractivity contribution in [3.05, 3.63) is 47.2 Å². The van der Waals surface area contributed by atoms with Crippen LogP contribution in [0, 0.1) is 0 Å². The molecule has 1 aromatic carbocycles. The van der Waals surface area contributed by atoms with Crippen molar-refractivity contribution in [2.75, 3.05) is 0 Å². The van der Waals surface area contributed by atoms with Gasteiger partial charge in [-0.2, -0.15) is 0 Å². The van der Waals surface area contributed by atoms with Crippen molar-refractivity contribution in [2.45, 2.75) is 63.5 Å². The molecule has 0 bridgehead atoms. The molecule has 0 aromatic heterocycles. The zero-order valence-electron chi connectivity index (χ0n) is 14.5. The van der Waals surface area contributed by atoms with E-state index in [4.69, 9.17) is 4.65 Å². The molecule has 0 spiro atoms. The molecule has 134 valence electrons. The fourth-order valence-corrected chi connectivity index (χ4v) is 3.74. The number of benzene rings is 1. The first-order valence-electron chi connectivity index (χ1n) is 9.09. The summed E-state index contributed by atoms with van der Waals surface area (Å²) in [6, 6.07) is 5.85. The van der Waals surface area contributed by atoms with Gasteiger partial charge in [-0.3, -0.25) is 4.79 Å². The molecule has 25 heavy (non-hydrogen) atoms. The summed E-state index contributed by atoms with van der Waals surface area (Å²) in [5.41, 5.74) is 3.14. The average molecular weight is 343 g/mol. The number of fused-ring (bicyclic) bond motifs is 1. The van der Waals surface area contributed by atoms with Gasteiger partial charge < -0.3 is 20.1 Å². The van der Waals surface area contributed by atoms with Crippen LogP contribution in [0.2, 0.25) is 5.82 Å². The summed E-state index contributed by atoms with van der Waals surface area (Å²) in [5, 5.41) is 23.1. The molecule has 0 unspecified atom stereocenters. The maximum Gasteiger partial charge on any atom is 0.458 e. The Morgan fingerprint density at radius 2 is 2.00 bits per heavy atom. The van der Waals surface area contributed by atoms with E-state index in [0.717, 1.165) is 38.8 Å². The number of hydrogen-bond acceptors (Lipinski definition) is 5. The summed E-state index contributed by atoms with van der Waals surface area (Å²) in [7, 11) is -0.982. The van der Waals surface area contributed by atoms with E-state index in [9.17, 15) is 14.9 Å². The number of Topliss-reactive ketones (excluding diaryl/α,β-unsaturated/α-hetero) is 1. The minimum absolute atomic E-state index is 0.0473. The van der Waals surface area contributed by atoms with Gasteiger partial charge in [-0.25, -0.2) is 0 Å². The number of nitrogens with one attached hydrogen (secondary N) is 1. The van der Waals surface area contributed by atoms with Crippen LogP contribution in [0.1, 0.15) is 60.0 Å². The van der Waals surface area contributed by atoms with Gasteiger partial charge in [0.25, 0.3) is 0 Å². The highest BCUT2D eigenvalue weighted by molar-refractivity contribution is 6.45. The Kier molecular flexibility index (Phi) is 5.94. The molecule has 2 aliphatic rings. The zero-order valence-corrected chi connectivity index (χ0v) is 14.5. The van der Waals surface area contributed by atoms with Crippen LogP contribution in [0.15, 0.2) is 30.5 Å². The van der Waals surface area contributed by atoms with Crippen molar-refractivity contribution in [1.29, 1.82) is 0 Å². The molecule has 2 atom stereocenters. The molecule has 1 fully saturated rings. The molecule has 0 radical (unpaired) electrons. The SMILES string of the molecule is C=C(O)C[C@@H]1CCCC[C@H](CC(=O)c2ccc3c(c2)CNC3)B(O)O1. The topological polar surface area (TPSA) is 78.8 Å². The minimum Gasteiger partial charge on any atom is -0.513 e. The first-order chi connectivity index (χ1) is 12.0. The van der Waals surface area contributed by atoms with Crippen LogP contribution < -0.4 is 5.32 Å². The van der Waals surface area contributed by atoms with Gasteiger partial charge in [0.05, 0.1) is 5.76 Å².